The first kappa shape index (κ1) is 23.2. The first-order valence-corrected chi connectivity index (χ1v) is 8.86. The van der Waals surface area contributed by atoms with Crippen LogP contribution < -0.4 is 10.6 Å². The molecule has 1 atom stereocenters. The van der Waals surface area contributed by atoms with Crippen LogP contribution in [-0.2, 0) is 30.4 Å². The van der Waals surface area contributed by atoms with Gasteiger partial charge in [-0.1, -0.05) is 43.0 Å². The van der Waals surface area contributed by atoms with Gasteiger partial charge in [0.05, 0.1) is 13.2 Å². The van der Waals surface area contributed by atoms with Crippen LogP contribution in [0.5, 0.6) is 0 Å². The predicted molar refractivity (Wildman–Crippen MR) is 103 cm³/mol. The van der Waals surface area contributed by atoms with E-state index in [0.29, 0.717) is 0 Å². The molecular weight excluding hydrogens is 364 g/mol. The van der Waals surface area contributed by atoms with Gasteiger partial charge >= 0.3 is 12.1 Å². The maximum Gasteiger partial charge on any atom is 0.408 e. The van der Waals surface area contributed by atoms with Crippen molar-refractivity contribution in [3.63, 3.8) is 0 Å². The Morgan fingerprint density at radius 1 is 1.18 bits per heavy atom. The Hall–Kier alpha value is -2.87. The molecule has 1 rings (SSSR count). The summed E-state index contributed by atoms with van der Waals surface area (Å²) < 4.78 is 15.5. The first-order valence-electron chi connectivity index (χ1n) is 8.86. The lowest BCUT2D eigenvalue weighted by atomic mass is 10.2. The number of amides is 2. The Balaban J connectivity index is 2.62. The minimum absolute atomic E-state index is 0.0501. The summed E-state index contributed by atoms with van der Waals surface area (Å²) >= 11 is 0. The van der Waals surface area contributed by atoms with Crippen LogP contribution in [0.25, 0.3) is 0 Å². The van der Waals surface area contributed by atoms with Gasteiger partial charge in [-0.2, -0.15) is 0 Å². The number of esters is 1. The fraction of sp³-hybridized carbons (Fsp3) is 0.450. The van der Waals surface area contributed by atoms with Crippen molar-refractivity contribution < 1.29 is 28.6 Å². The molecule has 0 fully saturated rings. The zero-order valence-electron chi connectivity index (χ0n) is 16.5. The van der Waals surface area contributed by atoms with E-state index < -0.39 is 29.6 Å². The molecule has 154 valence electrons. The van der Waals surface area contributed by atoms with Gasteiger partial charge in [0.25, 0.3) is 0 Å². The SMILES string of the molecule is C=CCOC(=O)CNC(=O)[C@H](COCc1ccccc1)NC(=O)OC(C)(C)C. The van der Waals surface area contributed by atoms with E-state index in [9.17, 15) is 14.4 Å². The molecule has 0 bridgehead atoms. The Labute approximate surface area is 165 Å². The van der Waals surface area contributed by atoms with E-state index in [0.717, 1.165) is 5.56 Å². The average molecular weight is 392 g/mol. The molecule has 2 amide bonds. The molecule has 8 heteroatoms. The summed E-state index contributed by atoms with van der Waals surface area (Å²) in [4.78, 5) is 35.9. The topological polar surface area (TPSA) is 103 Å². The number of carbonyl (C=O) groups is 3. The number of hydrogen-bond acceptors (Lipinski definition) is 6. The molecule has 0 unspecified atom stereocenters. The van der Waals surface area contributed by atoms with E-state index in [1.54, 1.807) is 20.8 Å². The molecule has 1 aromatic rings. The van der Waals surface area contributed by atoms with Gasteiger partial charge in [0.2, 0.25) is 5.91 Å². The van der Waals surface area contributed by atoms with Gasteiger partial charge in [-0.3, -0.25) is 9.59 Å². The molecule has 0 aliphatic heterocycles. The lowest BCUT2D eigenvalue weighted by Gasteiger charge is -2.23. The number of alkyl carbamates (subject to hydrolysis) is 1. The van der Waals surface area contributed by atoms with E-state index >= 15 is 0 Å². The van der Waals surface area contributed by atoms with Crippen LogP contribution in [0.2, 0.25) is 0 Å². The van der Waals surface area contributed by atoms with Gasteiger partial charge in [-0.25, -0.2) is 4.79 Å². The molecule has 0 saturated heterocycles. The summed E-state index contributed by atoms with van der Waals surface area (Å²) in [6.45, 7) is 8.45. The lowest BCUT2D eigenvalue weighted by Crippen LogP contribution is -2.51. The monoisotopic (exact) mass is 392 g/mol. The van der Waals surface area contributed by atoms with Crippen LogP contribution in [0.4, 0.5) is 4.79 Å². The molecule has 0 aliphatic rings. The number of rotatable bonds is 10. The molecule has 0 heterocycles. The third-order valence-corrected chi connectivity index (χ3v) is 3.17. The first-order chi connectivity index (χ1) is 13.2. The molecule has 0 aliphatic carbocycles. The number of ether oxygens (including phenoxy) is 3. The molecule has 0 radical (unpaired) electrons. The van der Waals surface area contributed by atoms with Gasteiger partial charge in [0.15, 0.2) is 0 Å². The van der Waals surface area contributed by atoms with Crippen LogP contribution in [0.3, 0.4) is 0 Å². The Kier molecular flexibility index (Phi) is 9.73. The summed E-state index contributed by atoms with van der Waals surface area (Å²) in [5, 5.41) is 4.87. The predicted octanol–water partition coefficient (Wildman–Crippen LogP) is 1.94. The number of nitrogens with one attached hydrogen (secondary N) is 2. The standard InChI is InChI=1S/C20H28N2O6/c1-5-11-27-17(23)12-21-18(24)16(22-19(25)28-20(2,3)4)14-26-13-15-9-7-6-8-10-15/h5-10,16H,1,11-14H2,2-4H3,(H,21,24)(H,22,25)/t16-/m0/s1. The summed E-state index contributed by atoms with van der Waals surface area (Å²) in [5.41, 5.74) is 0.205. The number of hydrogen-bond donors (Lipinski definition) is 2. The van der Waals surface area contributed by atoms with Crippen molar-refractivity contribution in [2.24, 2.45) is 0 Å². The summed E-state index contributed by atoms with van der Waals surface area (Å²) in [6.07, 6.45) is 0.662. The van der Waals surface area contributed by atoms with E-state index in [1.165, 1.54) is 6.08 Å². The third-order valence-electron chi connectivity index (χ3n) is 3.17. The molecule has 1 aromatic carbocycles. The van der Waals surface area contributed by atoms with Gasteiger partial charge in [-0.15, -0.1) is 0 Å². The van der Waals surface area contributed by atoms with E-state index in [-0.39, 0.29) is 26.4 Å². The van der Waals surface area contributed by atoms with Crippen LogP contribution >= 0.6 is 0 Å². The van der Waals surface area contributed by atoms with Crippen molar-refractivity contribution in [1.29, 1.82) is 0 Å². The molecule has 28 heavy (non-hydrogen) atoms. The van der Waals surface area contributed by atoms with E-state index in [2.05, 4.69) is 17.2 Å². The average Bonchev–Trinajstić information content (AvgIpc) is 2.63. The molecule has 8 nitrogen and oxygen atoms in total. The highest BCUT2D eigenvalue weighted by Gasteiger charge is 2.25. The fourth-order valence-electron chi connectivity index (χ4n) is 1.99. The van der Waals surface area contributed by atoms with Crippen LogP contribution in [0, 0.1) is 0 Å². The van der Waals surface area contributed by atoms with Gasteiger partial charge < -0.3 is 24.8 Å². The van der Waals surface area contributed by atoms with E-state index in [4.69, 9.17) is 14.2 Å². The zero-order valence-corrected chi connectivity index (χ0v) is 16.5. The second kappa shape index (κ2) is 11.8. The molecule has 0 aromatic heterocycles. The highest BCUT2D eigenvalue weighted by Crippen LogP contribution is 2.07. The highest BCUT2D eigenvalue weighted by molar-refractivity contribution is 5.88. The maximum atomic E-state index is 12.4. The van der Waals surface area contributed by atoms with Gasteiger partial charge in [0, 0.05) is 0 Å². The molecule has 0 spiro atoms. The van der Waals surface area contributed by atoms with Crippen LogP contribution in [0.1, 0.15) is 26.3 Å². The normalized spacial score (nSPS) is 11.8. The van der Waals surface area contributed by atoms with Crippen LogP contribution in [0.15, 0.2) is 43.0 Å². The van der Waals surface area contributed by atoms with Crippen molar-refractivity contribution in [2.45, 2.75) is 39.0 Å². The smallest absolute Gasteiger partial charge is 0.408 e. The van der Waals surface area contributed by atoms with Gasteiger partial charge in [-0.05, 0) is 26.3 Å². The Bertz CT molecular complexity index is 654. The second-order valence-corrected chi connectivity index (χ2v) is 6.89. The number of carbonyl (C=O) groups excluding carboxylic acids is 3. The lowest BCUT2D eigenvalue weighted by molar-refractivity contribution is -0.143. The maximum absolute atomic E-state index is 12.4. The van der Waals surface area contributed by atoms with E-state index in [1.807, 2.05) is 30.3 Å². The van der Waals surface area contributed by atoms with Crippen molar-refractivity contribution in [3.8, 4) is 0 Å². The largest absolute Gasteiger partial charge is 0.460 e. The molecular formula is C20H28N2O6. The third kappa shape index (κ3) is 10.3. The Morgan fingerprint density at radius 3 is 2.46 bits per heavy atom. The summed E-state index contributed by atoms with van der Waals surface area (Å²) in [5.74, 6) is -1.20. The second-order valence-electron chi connectivity index (χ2n) is 6.89. The van der Waals surface area contributed by atoms with Crippen molar-refractivity contribution in [3.05, 3.63) is 48.6 Å². The number of benzene rings is 1. The highest BCUT2D eigenvalue weighted by atomic mass is 16.6. The summed E-state index contributed by atoms with van der Waals surface area (Å²) in [7, 11) is 0. The minimum Gasteiger partial charge on any atom is -0.460 e. The van der Waals surface area contributed by atoms with Crippen molar-refractivity contribution in [1.82, 2.24) is 10.6 Å². The molecule has 2 N–H and O–H groups in total. The quantitative estimate of drug-likeness (QED) is 0.466. The fourth-order valence-corrected chi connectivity index (χ4v) is 1.99. The minimum atomic E-state index is -1.04. The Morgan fingerprint density at radius 2 is 1.86 bits per heavy atom. The van der Waals surface area contributed by atoms with Crippen molar-refractivity contribution in [2.75, 3.05) is 19.8 Å². The molecule has 0 saturated carbocycles. The van der Waals surface area contributed by atoms with Crippen molar-refractivity contribution >= 4 is 18.0 Å². The summed E-state index contributed by atoms with van der Waals surface area (Å²) in [6, 6.07) is 8.35. The van der Waals surface area contributed by atoms with Gasteiger partial charge in [0.1, 0.15) is 24.8 Å². The zero-order chi connectivity index (χ0) is 21.0. The van der Waals surface area contributed by atoms with Crippen LogP contribution in [-0.4, -0.2) is 49.4 Å².